The summed E-state index contributed by atoms with van der Waals surface area (Å²) in [5.74, 6) is 2.33. The maximum Gasteiger partial charge on any atom is 0.401 e. The molecule has 33 heavy (non-hydrogen) atoms. The SMILES string of the molecule is CCN(CC(F)(F)F)C1CCC(CCCN2CCC(Cc3cc(OC)ccc3Br)CC2)CC1. The highest BCUT2D eigenvalue weighted by molar-refractivity contribution is 9.10. The van der Waals surface area contributed by atoms with E-state index in [2.05, 4.69) is 33.0 Å². The van der Waals surface area contributed by atoms with Gasteiger partial charge in [-0.05, 0) is 120 Å². The predicted octanol–water partition coefficient (Wildman–Crippen LogP) is 6.94. The Balaban J connectivity index is 1.31. The van der Waals surface area contributed by atoms with Crippen LogP contribution in [-0.4, -0.2) is 61.9 Å². The number of piperidine rings is 1. The number of hydrogen-bond donors (Lipinski definition) is 0. The highest BCUT2D eigenvalue weighted by Gasteiger charge is 2.34. The third-order valence-corrected chi connectivity index (χ3v) is 8.45. The lowest BCUT2D eigenvalue weighted by Gasteiger charge is -2.37. The first-order valence-corrected chi connectivity index (χ1v) is 13.4. The van der Waals surface area contributed by atoms with Crippen molar-refractivity contribution < 1.29 is 17.9 Å². The summed E-state index contributed by atoms with van der Waals surface area (Å²) in [5, 5.41) is 0. The summed E-state index contributed by atoms with van der Waals surface area (Å²) in [5.41, 5.74) is 1.33. The number of alkyl halides is 3. The van der Waals surface area contributed by atoms with E-state index in [0.717, 1.165) is 50.3 Å². The van der Waals surface area contributed by atoms with Gasteiger partial charge in [-0.2, -0.15) is 13.2 Å². The Morgan fingerprint density at radius 2 is 1.76 bits per heavy atom. The van der Waals surface area contributed by atoms with Gasteiger partial charge >= 0.3 is 6.18 Å². The van der Waals surface area contributed by atoms with Crippen LogP contribution >= 0.6 is 15.9 Å². The summed E-state index contributed by atoms with van der Waals surface area (Å²) in [6.45, 7) is 5.06. The van der Waals surface area contributed by atoms with Crippen molar-refractivity contribution in [3.8, 4) is 5.75 Å². The highest BCUT2D eigenvalue weighted by atomic mass is 79.9. The molecule has 2 aliphatic rings. The maximum absolute atomic E-state index is 12.8. The minimum absolute atomic E-state index is 0.108. The van der Waals surface area contributed by atoms with Crippen LogP contribution in [0, 0.1) is 11.8 Å². The minimum Gasteiger partial charge on any atom is -0.497 e. The highest BCUT2D eigenvalue weighted by Crippen LogP contribution is 2.33. The van der Waals surface area contributed by atoms with Gasteiger partial charge in [0.05, 0.1) is 13.7 Å². The molecule has 1 aromatic rings. The topological polar surface area (TPSA) is 15.7 Å². The fourth-order valence-electron chi connectivity index (χ4n) is 5.69. The van der Waals surface area contributed by atoms with Crippen LogP contribution in [0.3, 0.4) is 0 Å². The number of likely N-dealkylation sites (tertiary alicyclic amines) is 1. The van der Waals surface area contributed by atoms with Crippen molar-refractivity contribution in [2.45, 2.75) is 76.9 Å². The molecule has 2 fully saturated rings. The number of methoxy groups -OCH3 is 1. The van der Waals surface area contributed by atoms with E-state index in [1.54, 1.807) is 12.0 Å². The van der Waals surface area contributed by atoms with Crippen LogP contribution in [0.5, 0.6) is 5.75 Å². The molecule has 1 aliphatic carbocycles. The van der Waals surface area contributed by atoms with E-state index in [4.69, 9.17) is 4.74 Å². The third-order valence-electron chi connectivity index (χ3n) is 7.68. The second kappa shape index (κ2) is 12.8. The van der Waals surface area contributed by atoms with E-state index in [1.165, 1.54) is 48.8 Å². The molecule has 3 nitrogen and oxygen atoms in total. The van der Waals surface area contributed by atoms with E-state index in [1.807, 2.05) is 13.0 Å². The average molecular weight is 534 g/mol. The quantitative estimate of drug-likeness (QED) is 0.324. The van der Waals surface area contributed by atoms with Gasteiger partial charge in [0.15, 0.2) is 0 Å². The van der Waals surface area contributed by atoms with Crippen molar-refractivity contribution in [2.24, 2.45) is 11.8 Å². The summed E-state index contributed by atoms with van der Waals surface area (Å²) in [4.78, 5) is 4.23. The molecular formula is C26H40BrF3N2O. The van der Waals surface area contributed by atoms with Gasteiger partial charge < -0.3 is 9.64 Å². The number of halogens is 4. The molecule has 1 saturated carbocycles. The summed E-state index contributed by atoms with van der Waals surface area (Å²) in [6, 6.07) is 6.32. The molecule has 0 bridgehead atoms. The van der Waals surface area contributed by atoms with Crippen LogP contribution < -0.4 is 4.74 Å². The molecular weight excluding hydrogens is 493 g/mol. The van der Waals surface area contributed by atoms with Gasteiger partial charge in [0.25, 0.3) is 0 Å². The Bertz CT molecular complexity index is 714. The van der Waals surface area contributed by atoms with E-state index in [9.17, 15) is 13.2 Å². The van der Waals surface area contributed by atoms with Gasteiger partial charge in [-0.3, -0.25) is 4.90 Å². The second-order valence-electron chi connectivity index (χ2n) is 9.94. The van der Waals surface area contributed by atoms with Crippen molar-refractivity contribution in [2.75, 3.05) is 39.8 Å². The molecule has 0 N–H and O–H groups in total. The molecule has 0 aromatic heterocycles. The maximum atomic E-state index is 12.8. The molecule has 188 valence electrons. The second-order valence-corrected chi connectivity index (χ2v) is 10.8. The van der Waals surface area contributed by atoms with E-state index >= 15 is 0 Å². The van der Waals surface area contributed by atoms with Crippen LogP contribution in [0.2, 0.25) is 0 Å². The van der Waals surface area contributed by atoms with Crippen molar-refractivity contribution in [3.05, 3.63) is 28.2 Å². The van der Waals surface area contributed by atoms with Crippen LogP contribution in [0.4, 0.5) is 13.2 Å². The minimum atomic E-state index is -4.09. The largest absolute Gasteiger partial charge is 0.497 e. The Morgan fingerprint density at radius 1 is 1.06 bits per heavy atom. The zero-order valence-corrected chi connectivity index (χ0v) is 21.8. The van der Waals surface area contributed by atoms with Crippen LogP contribution in [0.15, 0.2) is 22.7 Å². The normalized spacial score (nSPS) is 23.2. The monoisotopic (exact) mass is 532 g/mol. The lowest BCUT2D eigenvalue weighted by molar-refractivity contribution is -0.152. The number of benzene rings is 1. The number of nitrogens with zero attached hydrogens (tertiary/aromatic N) is 2. The Labute approximate surface area is 206 Å². The molecule has 1 heterocycles. The van der Waals surface area contributed by atoms with Gasteiger partial charge in [-0.15, -0.1) is 0 Å². The Hall–Kier alpha value is -0.790. The fourth-order valence-corrected chi connectivity index (χ4v) is 6.10. The molecule has 1 aliphatic heterocycles. The molecule has 0 radical (unpaired) electrons. The van der Waals surface area contributed by atoms with Crippen molar-refractivity contribution in [1.29, 1.82) is 0 Å². The average Bonchev–Trinajstić information content (AvgIpc) is 2.80. The molecule has 0 amide bonds. The van der Waals surface area contributed by atoms with Crippen LogP contribution in [0.25, 0.3) is 0 Å². The van der Waals surface area contributed by atoms with Gasteiger partial charge in [0, 0.05) is 10.5 Å². The molecule has 1 aromatic carbocycles. The first kappa shape index (κ1) is 26.8. The summed E-state index contributed by atoms with van der Waals surface area (Å²) in [7, 11) is 1.71. The van der Waals surface area contributed by atoms with E-state index in [-0.39, 0.29) is 6.04 Å². The molecule has 0 unspecified atom stereocenters. The zero-order valence-electron chi connectivity index (χ0n) is 20.2. The zero-order chi connectivity index (χ0) is 23.8. The number of rotatable bonds is 10. The molecule has 3 rings (SSSR count). The summed E-state index contributed by atoms with van der Waals surface area (Å²) < 4.78 is 44.9. The first-order chi connectivity index (χ1) is 15.8. The summed E-state index contributed by atoms with van der Waals surface area (Å²) >= 11 is 3.68. The van der Waals surface area contributed by atoms with Crippen molar-refractivity contribution in [3.63, 3.8) is 0 Å². The predicted molar refractivity (Wildman–Crippen MR) is 132 cm³/mol. The Kier molecular flexibility index (Phi) is 10.4. The van der Waals surface area contributed by atoms with Crippen LogP contribution in [-0.2, 0) is 6.42 Å². The standard InChI is InChI=1S/C26H40BrF3N2O/c1-3-32(19-26(28,29)30)23-8-6-20(7-9-23)5-4-14-31-15-12-21(13-16-31)17-22-18-24(33-2)10-11-25(22)27/h10-11,18,20-21,23H,3-9,12-17,19H2,1-2H3. The van der Waals surface area contributed by atoms with E-state index in [0.29, 0.717) is 12.5 Å². The lowest BCUT2D eigenvalue weighted by atomic mass is 9.82. The van der Waals surface area contributed by atoms with Gasteiger partial charge in [0.1, 0.15) is 5.75 Å². The lowest BCUT2D eigenvalue weighted by Crippen LogP contribution is -2.43. The third kappa shape index (κ3) is 8.74. The van der Waals surface area contributed by atoms with Gasteiger partial charge in [-0.25, -0.2) is 0 Å². The first-order valence-electron chi connectivity index (χ1n) is 12.6. The Morgan fingerprint density at radius 3 is 2.36 bits per heavy atom. The molecule has 0 atom stereocenters. The smallest absolute Gasteiger partial charge is 0.401 e. The molecule has 0 spiro atoms. The molecule has 7 heteroatoms. The van der Waals surface area contributed by atoms with Gasteiger partial charge in [0.2, 0.25) is 0 Å². The fraction of sp³-hybridized carbons (Fsp3) is 0.769. The van der Waals surface area contributed by atoms with Crippen molar-refractivity contribution in [1.82, 2.24) is 9.80 Å². The van der Waals surface area contributed by atoms with Crippen LogP contribution in [0.1, 0.15) is 63.9 Å². The number of hydrogen-bond acceptors (Lipinski definition) is 3. The number of ether oxygens (including phenoxy) is 1. The molecule has 1 saturated heterocycles. The van der Waals surface area contributed by atoms with Gasteiger partial charge in [-0.1, -0.05) is 22.9 Å². The van der Waals surface area contributed by atoms with Crippen molar-refractivity contribution >= 4 is 15.9 Å². The van der Waals surface area contributed by atoms with E-state index < -0.39 is 12.7 Å². The summed E-state index contributed by atoms with van der Waals surface area (Å²) in [6.07, 6.45) is 5.90.